The molecular formula is C10H14O. The first-order valence-electron chi connectivity index (χ1n) is 3.97. The van der Waals surface area contributed by atoms with Crippen LogP contribution in [0, 0.1) is 0 Å². The van der Waals surface area contributed by atoms with Gasteiger partial charge in [-0.25, -0.2) is 0 Å². The third kappa shape index (κ3) is 2.28. The van der Waals surface area contributed by atoms with Crippen LogP contribution in [0.15, 0.2) is 30.7 Å². The van der Waals surface area contributed by atoms with Gasteiger partial charge < -0.3 is 4.74 Å². The topological polar surface area (TPSA) is 9.23 Å². The molecule has 1 atom stereocenters. The highest BCUT2D eigenvalue weighted by Gasteiger charge is 2.22. The van der Waals surface area contributed by atoms with Gasteiger partial charge in [-0.05, 0) is 32.3 Å². The van der Waals surface area contributed by atoms with Crippen molar-refractivity contribution < 1.29 is 4.74 Å². The Hall–Kier alpha value is -0.940. The minimum Gasteiger partial charge on any atom is -0.483 e. The number of allylic oxidation sites excluding steroid dienone is 1. The third-order valence-electron chi connectivity index (χ3n) is 1.93. The molecule has 0 heterocycles. The largest absolute Gasteiger partial charge is 0.483 e. The fourth-order valence-electron chi connectivity index (χ4n) is 1.26. The zero-order valence-electron chi connectivity index (χ0n) is 6.97. The van der Waals surface area contributed by atoms with Crippen LogP contribution in [0.5, 0.6) is 0 Å². The second kappa shape index (κ2) is 3.45. The Morgan fingerprint density at radius 3 is 3.09 bits per heavy atom. The van der Waals surface area contributed by atoms with Crippen LogP contribution in [-0.4, -0.2) is 5.60 Å². The zero-order chi connectivity index (χ0) is 8.16. The van der Waals surface area contributed by atoms with Crippen molar-refractivity contribution >= 4 is 0 Å². The lowest BCUT2D eigenvalue weighted by molar-refractivity contribution is 0.0719. The monoisotopic (exact) mass is 150 g/mol. The van der Waals surface area contributed by atoms with Crippen LogP contribution in [0.3, 0.4) is 0 Å². The van der Waals surface area contributed by atoms with Gasteiger partial charge in [-0.3, -0.25) is 0 Å². The molecule has 1 unspecified atom stereocenters. The minimum atomic E-state index is -0.108. The van der Waals surface area contributed by atoms with Gasteiger partial charge in [0.25, 0.3) is 0 Å². The van der Waals surface area contributed by atoms with Crippen LogP contribution in [0.2, 0.25) is 0 Å². The van der Waals surface area contributed by atoms with Crippen LogP contribution in [0.1, 0.15) is 26.2 Å². The van der Waals surface area contributed by atoms with E-state index in [9.17, 15) is 0 Å². The summed E-state index contributed by atoms with van der Waals surface area (Å²) in [5, 5.41) is 0. The molecule has 1 nitrogen and oxygen atoms in total. The molecule has 1 rings (SSSR count). The average molecular weight is 150 g/mol. The van der Waals surface area contributed by atoms with E-state index in [0.717, 1.165) is 6.42 Å². The molecule has 60 valence electrons. The molecule has 0 aromatic carbocycles. The van der Waals surface area contributed by atoms with Gasteiger partial charge in [-0.15, -0.1) is 0 Å². The molecule has 0 N–H and O–H groups in total. The maximum Gasteiger partial charge on any atom is 0.126 e. The van der Waals surface area contributed by atoms with Gasteiger partial charge in [0, 0.05) is 0 Å². The fourth-order valence-corrected chi connectivity index (χ4v) is 1.26. The Kier molecular flexibility index (Phi) is 2.56. The van der Waals surface area contributed by atoms with E-state index in [0.29, 0.717) is 0 Å². The minimum absolute atomic E-state index is 0.108. The lowest BCUT2D eigenvalue weighted by Gasteiger charge is -2.27. The predicted octanol–water partition coefficient (Wildman–Crippen LogP) is 2.80. The normalized spacial score (nSPS) is 29.2. The Morgan fingerprint density at radius 1 is 1.73 bits per heavy atom. The van der Waals surface area contributed by atoms with E-state index in [4.69, 9.17) is 4.74 Å². The first-order chi connectivity index (χ1) is 5.27. The molecule has 0 aromatic heterocycles. The Labute approximate surface area is 68.1 Å². The molecule has 1 heteroatoms. The van der Waals surface area contributed by atoms with Gasteiger partial charge in [0.2, 0.25) is 0 Å². The highest BCUT2D eigenvalue weighted by Crippen LogP contribution is 2.25. The molecule has 0 aliphatic heterocycles. The number of hydrogen-bond acceptors (Lipinski definition) is 1. The summed E-state index contributed by atoms with van der Waals surface area (Å²) in [5.74, 6) is 0. The van der Waals surface area contributed by atoms with Crippen molar-refractivity contribution in [2.45, 2.75) is 31.8 Å². The second-order valence-electron chi connectivity index (χ2n) is 3.05. The Morgan fingerprint density at radius 2 is 2.55 bits per heavy atom. The molecule has 0 radical (unpaired) electrons. The number of ether oxygens (including phenoxy) is 1. The van der Waals surface area contributed by atoms with E-state index in [1.807, 2.05) is 0 Å². The molecule has 11 heavy (non-hydrogen) atoms. The zero-order valence-corrected chi connectivity index (χ0v) is 6.97. The fraction of sp³-hybridized carbons (Fsp3) is 0.500. The maximum atomic E-state index is 5.43. The molecule has 1 aliphatic carbocycles. The first kappa shape index (κ1) is 8.16. The van der Waals surface area contributed by atoms with Crippen molar-refractivity contribution in [1.29, 1.82) is 0 Å². The highest BCUT2D eigenvalue weighted by molar-refractivity contribution is 5.04. The van der Waals surface area contributed by atoms with Gasteiger partial charge >= 0.3 is 0 Å². The Bertz CT molecular complexity index is 199. The summed E-state index contributed by atoms with van der Waals surface area (Å²) in [4.78, 5) is 0. The van der Waals surface area contributed by atoms with E-state index in [-0.39, 0.29) is 5.60 Å². The summed E-state index contributed by atoms with van der Waals surface area (Å²) in [7, 11) is 0. The average Bonchev–Trinajstić information content (AvgIpc) is 2.03. The van der Waals surface area contributed by atoms with Crippen molar-refractivity contribution in [3.05, 3.63) is 30.7 Å². The summed E-state index contributed by atoms with van der Waals surface area (Å²) in [5.41, 5.74) is 2.50. The van der Waals surface area contributed by atoms with Crippen molar-refractivity contribution in [2.75, 3.05) is 0 Å². The van der Waals surface area contributed by atoms with Crippen molar-refractivity contribution in [1.82, 2.24) is 0 Å². The van der Waals surface area contributed by atoms with Gasteiger partial charge in [0.1, 0.15) is 11.9 Å². The van der Waals surface area contributed by atoms with E-state index in [1.165, 1.54) is 19.1 Å². The molecule has 1 aliphatic rings. The summed E-state index contributed by atoms with van der Waals surface area (Å²) in [6.45, 7) is 5.53. The summed E-state index contributed by atoms with van der Waals surface area (Å²) >= 11 is 0. The molecular weight excluding hydrogens is 136 g/mol. The molecule has 0 spiro atoms. The number of hydrogen-bond donors (Lipinski definition) is 0. The maximum absolute atomic E-state index is 5.43. The molecule has 0 amide bonds. The predicted molar refractivity (Wildman–Crippen MR) is 46.2 cm³/mol. The SMILES string of the molecule is C=C=COC1(C)C=CCCC1. The van der Waals surface area contributed by atoms with Crippen LogP contribution < -0.4 is 0 Å². The Balaban J connectivity index is 2.57. The van der Waals surface area contributed by atoms with E-state index in [1.54, 1.807) is 0 Å². The smallest absolute Gasteiger partial charge is 0.126 e. The van der Waals surface area contributed by atoms with E-state index >= 15 is 0 Å². The highest BCUT2D eigenvalue weighted by atomic mass is 16.5. The first-order valence-corrected chi connectivity index (χ1v) is 3.97. The summed E-state index contributed by atoms with van der Waals surface area (Å²) in [6, 6.07) is 0. The molecule has 0 bridgehead atoms. The van der Waals surface area contributed by atoms with Crippen LogP contribution in [0.25, 0.3) is 0 Å². The van der Waals surface area contributed by atoms with E-state index in [2.05, 4.69) is 31.4 Å². The van der Waals surface area contributed by atoms with Crippen LogP contribution in [0.4, 0.5) is 0 Å². The van der Waals surface area contributed by atoms with Crippen molar-refractivity contribution in [3.63, 3.8) is 0 Å². The third-order valence-corrected chi connectivity index (χ3v) is 1.93. The van der Waals surface area contributed by atoms with Gasteiger partial charge in [0.05, 0.1) is 0 Å². The molecule has 0 aromatic rings. The quantitative estimate of drug-likeness (QED) is 0.334. The molecule has 0 saturated heterocycles. The second-order valence-corrected chi connectivity index (χ2v) is 3.05. The van der Waals surface area contributed by atoms with Crippen molar-refractivity contribution in [2.24, 2.45) is 0 Å². The van der Waals surface area contributed by atoms with Crippen LogP contribution in [-0.2, 0) is 4.74 Å². The van der Waals surface area contributed by atoms with Gasteiger partial charge in [-0.1, -0.05) is 18.4 Å². The van der Waals surface area contributed by atoms with Gasteiger partial charge in [0.15, 0.2) is 0 Å². The standard InChI is InChI=1S/C10H14O/c1-3-9-11-10(2)7-5-4-6-8-10/h5,7,9H,1,4,6,8H2,2H3. The van der Waals surface area contributed by atoms with Gasteiger partial charge in [-0.2, -0.15) is 0 Å². The molecule has 0 fully saturated rings. The van der Waals surface area contributed by atoms with Crippen molar-refractivity contribution in [3.8, 4) is 0 Å². The molecule has 0 saturated carbocycles. The lowest BCUT2D eigenvalue weighted by Crippen LogP contribution is -2.25. The summed E-state index contributed by atoms with van der Waals surface area (Å²) < 4.78 is 5.43. The lowest BCUT2D eigenvalue weighted by atomic mass is 9.93. The number of rotatable bonds is 2. The summed E-state index contributed by atoms with van der Waals surface area (Å²) in [6.07, 6.45) is 9.29. The van der Waals surface area contributed by atoms with Crippen LogP contribution >= 0.6 is 0 Å². The van der Waals surface area contributed by atoms with E-state index < -0.39 is 0 Å².